The molecule has 7 heteroatoms. The van der Waals surface area contributed by atoms with Crippen LogP contribution in [0.1, 0.15) is 88.4 Å². The minimum atomic E-state index is -0.982. The maximum Gasteiger partial charge on any atom is 0.325 e. The number of nitrogens with zero attached hydrogens (tertiary/aromatic N) is 2. The van der Waals surface area contributed by atoms with Gasteiger partial charge in [0.15, 0.2) is 5.78 Å². The van der Waals surface area contributed by atoms with Crippen LogP contribution in [-0.4, -0.2) is 52.3 Å². The molecular formula is C32H45BrN2O4. The predicted molar refractivity (Wildman–Crippen MR) is 164 cm³/mol. The Bertz CT molecular complexity index is 1140. The summed E-state index contributed by atoms with van der Waals surface area (Å²) in [6.45, 7) is 14.8. The first-order valence-corrected chi connectivity index (χ1v) is 13.7. The monoisotopic (exact) mass is 600 g/mol. The molecule has 2 aromatic carbocycles. The molecular weight excluding hydrogens is 556 g/mol. The number of phenolic OH excluding ortho intramolecular Hbond substituents is 1. The van der Waals surface area contributed by atoms with Crippen molar-refractivity contribution in [3.05, 3.63) is 64.7 Å². The first kappa shape index (κ1) is 32.5. The van der Waals surface area contributed by atoms with Gasteiger partial charge in [-0.15, -0.1) is 17.0 Å². The number of amidine groups is 1. The number of carboxylic acid groups (broad SMARTS) is 1. The van der Waals surface area contributed by atoms with Crippen LogP contribution in [0.5, 0.6) is 5.75 Å². The van der Waals surface area contributed by atoms with Crippen LogP contribution in [0.4, 0.5) is 0 Å². The maximum atomic E-state index is 13.8. The summed E-state index contributed by atoms with van der Waals surface area (Å²) in [5.74, 6) is 0.269. The Hall–Kier alpha value is -2.67. The highest BCUT2D eigenvalue weighted by Crippen LogP contribution is 2.40. The molecule has 2 aromatic rings. The molecule has 0 amide bonds. The van der Waals surface area contributed by atoms with E-state index in [1.54, 1.807) is 0 Å². The predicted octanol–water partition coefficient (Wildman–Crippen LogP) is 6.82. The lowest BCUT2D eigenvalue weighted by Gasteiger charge is -2.28. The van der Waals surface area contributed by atoms with Crippen LogP contribution in [0.3, 0.4) is 0 Å². The summed E-state index contributed by atoms with van der Waals surface area (Å²) >= 11 is 0. The standard InChI is InChI=1S/C32H44N2O4.BrH/c1-8-12-22-19-34(30(33-18-28(36)37)24(22)15-21-13-10-9-11-14-21)20-27(35)23-16-25(31(2,3)4)29(38)26(17-23)32(5,6)7;/h9-11,13-14,16-17,22,24,38H,8,12,15,18-20H2,1-7H3,(H,36,37);1H/b33-30+;. The summed E-state index contributed by atoms with van der Waals surface area (Å²) in [6, 6.07) is 13.8. The number of carbonyl (C=O) groups excluding carboxylic acids is 1. The van der Waals surface area contributed by atoms with E-state index in [0.29, 0.717) is 17.9 Å². The first-order valence-electron chi connectivity index (χ1n) is 13.7. The fraction of sp³-hybridized carbons (Fsp3) is 0.531. The van der Waals surface area contributed by atoms with E-state index in [-0.39, 0.29) is 64.3 Å². The van der Waals surface area contributed by atoms with Gasteiger partial charge in [0.2, 0.25) is 0 Å². The number of Topliss-reactive ketones (excluding diaryl/α,β-unsaturated/α-hetero) is 1. The number of halogens is 1. The Morgan fingerprint density at radius 2 is 1.56 bits per heavy atom. The lowest BCUT2D eigenvalue weighted by molar-refractivity contribution is -0.135. The number of carbonyl (C=O) groups is 2. The van der Waals surface area contributed by atoms with Gasteiger partial charge in [-0.3, -0.25) is 14.6 Å². The Morgan fingerprint density at radius 3 is 2.05 bits per heavy atom. The molecule has 3 rings (SSSR count). The summed E-state index contributed by atoms with van der Waals surface area (Å²) in [6.07, 6.45) is 2.75. The zero-order chi connectivity index (χ0) is 28.3. The molecule has 2 atom stereocenters. The van der Waals surface area contributed by atoms with Crippen LogP contribution in [0, 0.1) is 11.8 Å². The van der Waals surface area contributed by atoms with Gasteiger partial charge in [-0.05, 0) is 47.3 Å². The van der Waals surface area contributed by atoms with E-state index in [9.17, 15) is 19.8 Å². The highest BCUT2D eigenvalue weighted by atomic mass is 79.9. The van der Waals surface area contributed by atoms with Gasteiger partial charge in [0.25, 0.3) is 0 Å². The SMILES string of the molecule is Br.CCCC1CN(CC(=O)c2cc(C(C)(C)C)c(O)c(C(C)(C)C)c2)/C(=N/CC(=O)O)C1Cc1ccccc1. The van der Waals surface area contributed by atoms with E-state index in [4.69, 9.17) is 0 Å². The summed E-state index contributed by atoms with van der Waals surface area (Å²) < 4.78 is 0. The number of carboxylic acids is 1. The van der Waals surface area contributed by atoms with Crippen molar-refractivity contribution in [1.82, 2.24) is 4.90 Å². The van der Waals surface area contributed by atoms with Crippen LogP contribution >= 0.6 is 17.0 Å². The van der Waals surface area contributed by atoms with Gasteiger partial charge in [-0.1, -0.05) is 85.2 Å². The number of aliphatic carboxylic acids is 1. The fourth-order valence-corrected chi connectivity index (χ4v) is 5.45. The van der Waals surface area contributed by atoms with E-state index in [0.717, 1.165) is 30.4 Å². The quantitative estimate of drug-likeness (QED) is 0.308. The smallest absolute Gasteiger partial charge is 0.325 e. The number of hydrogen-bond acceptors (Lipinski definition) is 4. The van der Waals surface area contributed by atoms with Crippen molar-refractivity contribution in [3.63, 3.8) is 0 Å². The zero-order valence-electron chi connectivity index (χ0n) is 24.5. The van der Waals surface area contributed by atoms with Gasteiger partial charge in [0.05, 0.1) is 6.54 Å². The Labute approximate surface area is 244 Å². The average Bonchev–Trinajstić information content (AvgIpc) is 3.12. The lowest BCUT2D eigenvalue weighted by atomic mass is 9.78. The molecule has 0 radical (unpaired) electrons. The molecule has 2 N–H and O–H groups in total. The highest BCUT2D eigenvalue weighted by Gasteiger charge is 2.39. The number of aromatic hydroxyl groups is 1. The van der Waals surface area contributed by atoms with E-state index >= 15 is 0 Å². The zero-order valence-corrected chi connectivity index (χ0v) is 26.2. The fourth-order valence-electron chi connectivity index (χ4n) is 5.45. The molecule has 0 aromatic heterocycles. The van der Waals surface area contributed by atoms with Crippen molar-refractivity contribution in [2.45, 2.75) is 78.6 Å². The van der Waals surface area contributed by atoms with Gasteiger partial charge < -0.3 is 15.1 Å². The molecule has 0 spiro atoms. The number of aliphatic imine (C=N–C) groups is 1. The molecule has 1 aliphatic rings. The molecule has 2 unspecified atom stereocenters. The average molecular weight is 602 g/mol. The number of hydrogen-bond donors (Lipinski definition) is 2. The van der Waals surface area contributed by atoms with Gasteiger partial charge in [-0.25, -0.2) is 0 Å². The van der Waals surface area contributed by atoms with Crippen LogP contribution in [-0.2, 0) is 22.0 Å². The number of rotatable bonds is 9. The maximum absolute atomic E-state index is 13.8. The van der Waals surface area contributed by atoms with Crippen LogP contribution in [0.2, 0.25) is 0 Å². The van der Waals surface area contributed by atoms with Crippen molar-refractivity contribution < 1.29 is 19.8 Å². The van der Waals surface area contributed by atoms with Crippen molar-refractivity contribution in [3.8, 4) is 5.75 Å². The van der Waals surface area contributed by atoms with Crippen molar-refractivity contribution >= 4 is 34.6 Å². The molecule has 214 valence electrons. The third kappa shape index (κ3) is 8.17. The summed E-state index contributed by atoms with van der Waals surface area (Å²) in [4.78, 5) is 31.8. The molecule has 1 saturated heterocycles. The topological polar surface area (TPSA) is 90.2 Å². The molecule has 1 heterocycles. The number of phenols is 1. The van der Waals surface area contributed by atoms with Crippen molar-refractivity contribution in [2.24, 2.45) is 16.8 Å². The van der Waals surface area contributed by atoms with Crippen LogP contribution < -0.4 is 0 Å². The second-order valence-electron chi connectivity index (χ2n) is 12.6. The summed E-state index contributed by atoms with van der Waals surface area (Å²) in [5, 5.41) is 20.5. The number of likely N-dealkylation sites (tertiary alicyclic amines) is 1. The summed E-state index contributed by atoms with van der Waals surface area (Å²) in [7, 11) is 0. The second-order valence-corrected chi connectivity index (χ2v) is 12.6. The lowest BCUT2D eigenvalue weighted by Crippen LogP contribution is -2.34. The van der Waals surface area contributed by atoms with Gasteiger partial charge in [-0.2, -0.15) is 0 Å². The Balaban J connectivity index is 0.00000533. The number of benzene rings is 2. The van der Waals surface area contributed by atoms with E-state index in [2.05, 4.69) is 24.0 Å². The van der Waals surface area contributed by atoms with Gasteiger partial charge in [0.1, 0.15) is 18.1 Å². The molecule has 0 aliphatic carbocycles. The van der Waals surface area contributed by atoms with Crippen molar-refractivity contribution in [1.29, 1.82) is 0 Å². The Kier molecular flexibility index (Phi) is 10.9. The molecule has 1 aliphatic heterocycles. The van der Waals surface area contributed by atoms with Gasteiger partial charge >= 0.3 is 5.97 Å². The normalized spacial score (nSPS) is 18.7. The van der Waals surface area contributed by atoms with E-state index in [1.807, 2.05) is 76.8 Å². The van der Waals surface area contributed by atoms with Crippen molar-refractivity contribution in [2.75, 3.05) is 19.6 Å². The Morgan fingerprint density at radius 1 is 1.00 bits per heavy atom. The van der Waals surface area contributed by atoms with Crippen LogP contribution in [0.15, 0.2) is 47.5 Å². The summed E-state index contributed by atoms with van der Waals surface area (Å²) in [5.41, 5.74) is 2.57. The third-order valence-corrected chi connectivity index (χ3v) is 7.40. The minimum absolute atomic E-state index is 0. The number of ketones is 1. The van der Waals surface area contributed by atoms with E-state index < -0.39 is 5.97 Å². The molecule has 6 nitrogen and oxygen atoms in total. The largest absolute Gasteiger partial charge is 0.507 e. The molecule has 0 bridgehead atoms. The second kappa shape index (κ2) is 13.1. The van der Waals surface area contributed by atoms with Gasteiger partial charge in [0, 0.05) is 29.2 Å². The molecule has 39 heavy (non-hydrogen) atoms. The first-order chi connectivity index (χ1) is 17.7. The van der Waals surface area contributed by atoms with E-state index in [1.165, 1.54) is 5.56 Å². The molecule has 1 fully saturated rings. The molecule has 0 saturated carbocycles. The van der Waals surface area contributed by atoms with Crippen LogP contribution in [0.25, 0.3) is 0 Å². The third-order valence-electron chi connectivity index (χ3n) is 7.40. The highest BCUT2D eigenvalue weighted by molar-refractivity contribution is 8.93. The minimum Gasteiger partial charge on any atom is -0.507 e.